The molecule has 1 aliphatic heterocycles. The molecule has 0 unspecified atom stereocenters. The van der Waals surface area contributed by atoms with Gasteiger partial charge in [-0.05, 0) is 60.0 Å². The van der Waals surface area contributed by atoms with Crippen molar-refractivity contribution < 1.29 is 18.0 Å². The maximum absolute atomic E-state index is 7.35. The highest BCUT2D eigenvalue weighted by molar-refractivity contribution is 6.75. The van der Waals surface area contributed by atoms with Gasteiger partial charge in [0.05, 0.1) is 12.9 Å². The largest absolute Gasteiger partial charge is 0.414 e. The van der Waals surface area contributed by atoms with Gasteiger partial charge in [-0.15, -0.1) is 0 Å². The Labute approximate surface area is 286 Å². The zero-order valence-corrected chi connectivity index (χ0v) is 34.7. The second-order valence-corrected chi connectivity index (χ2v) is 32.2. The summed E-state index contributed by atoms with van der Waals surface area (Å²) in [5.74, 6) is 0.987. The van der Waals surface area contributed by atoms with Crippen LogP contribution in [0.2, 0.25) is 54.4 Å². The molecule has 1 saturated heterocycles. The van der Waals surface area contributed by atoms with Crippen molar-refractivity contribution in [2.45, 2.75) is 148 Å². The molecule has 4 rings (SSSR count). The maximum atomic E-state index is 7.35. The van der Waals surface area contributed by atoms with Crippen LogP contribution in [0.1, 0.15) is 79.9 Å². The summed E-state index contributed by atoms with van der Waals surface area (Å²) in [5, 5.41) is 0.0242. The maximum Gasteiger partial charge on any atom is 0.192 e. The third-order valence-electron chi connectivity index (χ3n) is 11.1. The summed E-state index contributed by atoms with van der Waals surface area (Å²) in [5.41, 5.74) is 8.81. The Hall–Kier alpha value is -1.94. The number of nitrogens with zero attached hydrogens (tertiary/aromatic N) is 4. The molecule has 2 N–H and O–H groups in total. The molecule has 9 nitrogen and oxygen atoms in total. The van der Waals surface area contributed by atoms with Crippen LogP contribution in [0, 0.1) is 0 Å². The number of ether oxygens (including phenoxy) is 1. The topological polar surface area (TPSA) is 107 Å². The van der Waals surface area contributed by atoms with Gasteiger partial charge in [-0.1, -0.05) is 92.6 Å². The van der Waals surface area contributed by atoms with Crippen molar-refractivity contribution in [3.63, 3.8) is 0 Å². The summed E-state index contributed by atoms with van der Waals surface area (Å²) in [7, 11) is -6.68. The van der Waals surface area contributed by atoms with Crippen LogP contribution in [0.5, 0.6) is 0 Å². The number of imidazole rings is 1. The zero-order valence-electron chi connectivity index (χ0n) is 31.7. The summed E-state index contributed by atoms with van der Waals surface area (Å²) in [6.07, 6.45) is 0.676. The Morgan fingerprint density at radius 2 is 1.30 bits per heavy atom. The third kappa shape index (κ3) is 8.11. The lowest BCUT2D eigenvalue weighted by atomic mass is 10.1. The molecule has 3 aromatic rings. The van der Waals surface area contributed by atoms with Gasteiger partial charge < -0.3 is 23.7 Å². The van der Waals surface area contributed by atoms with E-state index in [0.29, 0.717) is 35.8 Å². The van der Waals surface area contributed by atoms with Crippen molar-refractivity contribution in [2.75, 3.05) is 12.3 Å². The van der Waals surface area contributed by atoms with Gasteiger partial charge in [0, 0.05) is 6.42 Å². The normalized spacial score (nSPS) is 21.9. The summed E-state index contributed by atoms with van der Waals surface area (Å²) in [6, 6.07) is 10.2. The molecule has 0 amide bonds. The van der Waals surface area contributed by atoms with Gasteiger partial charge in [-0.3, -0.25) is 4.57 Å². The van der Waals surface area contributed by atoms with Crippen LogP contribution < -0.4 is 5.73 Å². The number of hydrogen-bond acceptors (Lipinski definition) is 8. The van der Waals surface area contributed by atoms with Gasteiger partial charge in [0.25, 0.3) is 0 Å². The van der Waals surface area contributed by atoms with Gasteiger partial charge in [0.15, 0.2) is 42.6 Å². The van der Waals surface area contributed by atoms with Crippen molar-refractivity contribution in [1.82, 2.24) is 19.5 Å². The number of anilines is 1. The van der Waals surface area contributed by atoms with Crippen LogP contribution in [0.25, 0.3) is 11.2 Å². The minimum absolute atomic E-state index is 0.00678. The highest BCUT2D eigenvalue weighted by Crippen LogP contribution is 2.47. The minimum Gasteiger partial charge on any atom is -0.414 e. The smallest absolute Gasteiger partial charge is 0.192 e. The van der Waals surface area contributed by atoms with Crippen LogP contribution in [-0.4, -0.2) is 69.4 Å². The van der Waals surface area contributed by atoms with E-state index in [-0.39, 0.29) is 27.3 Å². The predicted molar refractivity (Wildman–Crippen MR) is 200 cm³/mol. The van der Waals surface area contributed by atoms with E-state index >= 15 is 0 Å². The lowest BCUT2D eigenvalue weighted by Gasteiger charge is -2.44. The number of nitrogens with two attached hydrogens (primary N) is 1. The Bertz CT molecular complexity index is 1520. The molecule has 3 heterocycles. The summed E-state index contributed by atoms with van der Waals surface area (Å²) < 4.78 is 30.6. The molecule has 0 bridgehead atoms. The molecular weight excluding hydrogens is 639 g/mol. The molecule has 2 aromatic heterocycles. The highest BCUT2D eigenvalue weighted by atomic mass is 28.4. The molecule has 262 valence electrons. The Kier molecular flexibility index (Phi) is 10.5. The molecule has 47 heavy (non-hydrogen) atoms. The summed E-state index contributed by atoms with van der Waals surface area (Å²) in [4.78, 5) is 14.4. The van der Waals surface area contributed by atoms with Gasteiger partial charge in [-0.25, -0.2) is 15.0 Å². The molecule has 12 heteroatoms. The highest BCUT2D eigenvalue weighted by Gasteiger charge is 2.55. The second-order valence-electron chi connectivity index (χ2n) is 17.8. The van der Waals surface area contributed by atoms with E-state index in [4.69, 9.17) is 33.7 Å². The quantitative estimate of drug-likeness (QED) is 0.210. The Morgan fingerprint density at radius 1 is 0.766 bits per heavy atom. The number of rotatable bonds is 10. The molecule has 0 radical (unpaired) electrons. The first-order valence-corrected chi connectivity index (χ1v) is 25.7. The number of benzene rings is 1. The molecule has 0 spiro atoms. The first-order valence-electron chi connectivity index (χ1n) is 17.0. The lowest BCUT2D eigenvalue weighted by molar-refractivity contribution is -0.0470. The monoisotopic (exact) mass is 699 g/mol. The average molecular weight is 700 g/mol. The summed E-state index contributed by atoms with van der Waals surface area (Å²) in [6.45, 7) is 34.6. The van der Waals surface area contributed by atoms with E-state index in [0.717, 1.165) is 5.56 Å². The van der Waals surface area contributed by atoms with Crippen molar-refractivity contribution in [3.8, 4) is 0 Å². The van der Waals surface area contributed by atoms with E-state index in [1.807, 2.05) is 22.8 Å². The molecule has 1 aromatic carbocycles. The van der Waals surface area contributed by atoms with Crippen molar-refractivity contribution in [2.24, 2.45) is 0 Å². The predicted octanol–water partition coefficient (Wildman–Crippen LogP) is 8.70. The third-order valence-corrected chi connectivity index (χ3v) is 24.6. The average Bonchev–Trinajstić information content (AvgIpc) is 3.47. The second kappa shape index (κ2) is 13.1. The fraction of sp³-hybridized carbons (Fsp3) is 0.686. The van der Waals surface area contributed by atoms with Crippen molar-refractivity contribution in [1.29, 1.82) is 0 Å². The van der Waals surface area contributed by atoms with Crippen LogP contribution in [0.3, 0.4) is 0 Å². The minimum atomic E-state index is -2.31. The molecule has 4 atom stereocenters. The standard InChI is InChI=1S/C35H61N5O4Si3/c1-33(2,3)45(10,11)41-22-25-28(43-46(12,13)34(4,5)6)29(44-47(14,15)35(7,8)9)32(42-25)40-23-37-27-30(36)38-26(39-31(27)40)21-24-19-17-16-18-20-24/h16-20,23,25,28-29,32H,21-22H2,1-15H3,(H2,36,38,39)/t25-,28-,29-,32-/m1/s1. The van der Waals surface area contributed by atoms with Crippen LogP contribution >= 0.6 is 0 Å². The molecular formula is C35H61N5O4Si3. The fourth-order valence-electron chi connectivity index (χ4n) is 4.90. The Balaban J connectivity index is 1.85. The van der Waals surface area contributed by atoms with E-state index in [9.17, 15) is 0 Å². The zero-order chi connectivity index (χ0) is 35.4. The van der Waals surface area contributed by atoms with Crippen LogP contribution in [0.4, 0.5) is 5.82 Å². The van der Waals surface area contributed by atoms with E-state index < -0.39 is 37.3 Å². The van der Waals surface area contributed by atoms with Crippen molar-refractivity contribution >= 4 is 41.9 Å². The lowest BCUT2D eigenvalue weighted by Crippen LogP contribution is -2.54. The van der Waals surface area contributed by atoms with Crippen molar-refractivity contribution in [3.05, 3.63) is 48.0 Å². The van der Waals surface area contributed by atoms with Gasteiger partial charge in [-0.2, -0.15) is 0 Å². The van der Waals surface area contributed by atoms with E-state index in [1.54, 1.807) is 6.33 Å². The number of aromatic nitrogens is 4. The molecule has 0 aliphatic carbocycles. The fourth-order valence-corrected chi connectivity index (χ4v) is 8.52. The van der Waals surface area contributed by atoms with Crippen LogP contribution in [-0.2, 0) is 24.4 Å². The van der Waals surface area contributed by atoms with Crippen LogP contribution in [0.15, 0.2) is 36.7 Å². The number of hydrogen-bond donors (Lipinski definition) is 1. The van der Waals surface area contributed by atoms with Gasteiger partial charge in [0.2, 0.25) is 0 Å². The van der Waals surface area contributed by atoms with Gasteiger partial charge >= 0.3 is 0 Å². The molecule has 1 aliphatic rings. The summed E-state index contributed by atoms with van der Waals surface area (Å²) >= 11 is 0. The molecule has 1 fully saturated rings. The van der Waals surface area contributed by atoms with E-state index in [2.05, 4.69) is 119 Å². The first kappa shape index (κ1) is 37.9. The van der Waals surface area contributed by atoms with E-state index in [1.165, 1.54) is 0 Å². The number of fused-ring (bicyclic) bond motifs is 1. The molecule has 0 saturated carbocycles. The number of nitrogen functional groups attached to an aromatic ring is 1. The first-order chi connectivity index (χ1) is 21.3. The van der Waals surface area contributed by atoms with Gasteiger partial charge in [0.1, 0.15) is 29.7 Å². The SMILES string of the molecule is CC(C)(C)[Si](C)(C)OC[C@H]1O[C@@H](n2cnc3c(N)nc(Cc4ccccc4)nc32)[C@H](O[Si](C)(C)C(C)(C)C)[C@@H]1O[Si](C)(C)C(C)(C)C. The Morgan fingerprint density at radius 3 is 1.83 bits per heavy atom.